The number of piperazine rings is 1. The van der Waals surface area contributed by atoms with Crippen LogP contribution in [0.3, 0.4) is 0 Å². The van der Waals surface area contributed by atoms with Gasteiger partial charge in [0.1, 0.15) is 0 Å². The molecule has 1 unspecified atom stereocenters. The van der Waals surface area contributed by atoms with E-state index in [0.717, 1.165) is 31.6 Å². The highest BCUT2D eigenvalue weighted by Gasteiger charge is 2.35. The van der Waals surface area contributed by atoms with E-state index in [9.17, 15) is 9.59 Å². The predicted octanol–water partition coefficient (Wildman–Crippen LogP) is 1.90. The molecule has 2 heterocycles. The van der Waals surface area contributed by atoms with Gasteiger partial charge in [-0.2, -0.15) is 0 Å². The SMILES string of the molecule is CSc1ccc(C(=O)CN2CCN3C(=O)CCC3C2)cc1. The summed E-state index contributed by atoms with van der Waals surface area (Å²) in [7, 11) is 0. The Balaban J connectivity index is 1.59. The minimum atomic E-state index is 0.167. The third-order valence-electron chi connectivity index (χ3n) is 4.36. The number of benzene rings is 1. The minimum absolute atomic E-state index is 0.167. The predicted molar refractivity (Wildman–Crippen MR) is 83.7 cm³/mol. The number of rotatable bonds is 4. The molecular formula is C16H20N2O2S. The molecule has 0 bridgehead atoms. The molecule has 0 N–H and O–H groups in total. The van der Waals surface area contributed by atoms with Crippen LogP contribution in [0.5, 0.6) is 0 Å². The monoisotopic (exact) mass is 304 g/mol. The summed E-state index contributed by atoms with van der Waals surface area (Å²) in [5.74, 6) is 0.444. The lowest BCUT2D eigenvalue weighted by Crippen LogP contribution is -2.52. The summed E-state index contributed by atoms with van der Waals surface area (Å²) >= 11 is 1.68. The van der Waals surface area contributed by atoms with Crippen molar-refractivity contribution in [2.75, 3.05) is 32.4 Å². The van der Waals surface area contributed by atoms with Crippen molar-refractivity contribution in [3.63, 3.8) is 0 Å². The van der Waals surface area contributed by atoms with Crippen molar-refractivity contribution >= 4 is 23.5 Å². The van der Waals surface area contributed by atoms with E-state index in [-0.39, 0.29) is 11.7 Å². The summed E-state index contributed by atoms with van der Waals surface area (Å²) < 4.78 is 0. The zero-order valence-corrected chi connectivity index (χ0v) is 13.1. The van der Waals surface area contributed by atoms with Crippen LogP contribution in [0.2, 0.25) is 0 Å². The molecule has 1 amide bonds. The van der Waals surface area contributed by atoms with Gasteiger partial charge in [0.05, 0.1) is 6.54 Å². The highest BCUT2D eigenvalue weighted by Crippen LogP contribution is 2.23. The van der Waals surface area contributed by atoms with E-state index in [1.165, 1.54) is 4.90 Å². The van der Waals surface area contributed by atoms with Crippen LogP contribution in [-0.4, -0.2) is 60.0 Å². The van der Waals surface area contributed by atoms with Crippen molar-refractivity contribution in [1.29, 1.82) is 0 Å². The number of carbonyl (C=O) groups excluding carboxylic acids is 2. The van der Waals surface area contributed by atoms with Crippen LogP contribution in [0.4, 0.5) is 0 Å². The highest BCUT2D eigenvalue weighted by molar-refractivity contribution is 7.98. The Morgan fingerprint density at radius 3 is 2.76 bits per heavy atom. The number of ketones is 1. The van der Waals surface area contributed by atoms with E-state index in [0.29, 0.717) is 19.0 Å². The topological polar surface area (TPSA) is 40.6 Å². The number of fused-ring (bicyclic) bond motifs is 1. The molecule has 0 spiro atoms. The molecule has 1 aromatic carbocycles. The number of nitrogens with zero attached hydrogens (tertiary/aromatic N) is 2. The van der Waals surface area contributed by atoms with Crippen molar-refractivity contribution in [3.05, 3.63) is 29.8 Å². The molecular weight excluding hydrogens is 284 g/mol. The van der Waals surface area contributed by atoms with Gasteiger partial charge in [0.15, 0.2) is 5.78 Å². The van der Waals surface area contributed by atoms with Gasteiger partial charge in [-0.1, -0.05) is 12.1 Å². The molecule has 0 saturated carbocycles. The number of carbonyl (C=O) groups is 2. The molecule has 21 heavy (non-hydrogen) atoms. The molecule has 0 radical (unpaired) electrons. The molecule has 4 nitrogen and oxygen atoms in total. The van der Waals surface area contributed by atoms with E-state index in [2.05, 4.69) is 4.90 Å². The number of hydrogen-bond donors (Lipinski definition) is 0. The number of amides is 1. The number of hydrogen-bond acceptors (Lipinski definition) is 4. The maximum absolute atomic E-state index is 12.3. The Hall–Kier alpha value is -1.33. The van der Waals surface area contributed by atoms with Crippen LogP contribution in [-0.2, 0) is 4.79 Å². The molecule has 1 aromatic rings. The van der Waals surface area contributed by atoms with E-state index >= 15 is 0 Å². The first-order chi connectivity index (χ1) is 10.2. The lowest BCUT2D eigenvalue weighted by atomic mass is 10.1. The second-order valence-electron chi connectivity index (χ2n) is 5.67. The average molecular weight is 304 g/mol. The molecule has 2 fully saturated rings. The van der Waals surface area contributed by atoms with Gasteiger partial charge >= 0.3 is 0 Å². The first-order valence-electron chi connectivity index (χ1n) is 7.36. The molecule has 3 rings (SSSR count). The summed E-state index contributed by atoms with van der Waals surface area (Å²) in [6.45, 7) is 2.86. The number of thioether (sulfide) groups is 1. The molecule has 2 aliphatic heterocycles. The summed E-state index contributed by atoms with van der Waals surface area (Å²) in [6, 6.07) is 8.11. The Labute approximate surface area is 129 Å². The van der Waals surface area contributed by atoms with Gasteiger partial charge in [-0.3, -0.25) is 14.5 Å². The Morgan fingerprint density at radius 2 is 2.05 bits per heavy atom. The summed E-state index contributed by atoms with van der Waals surface area (Å²) in [4.78, 5) is 29.3. The molecule has 112 valence electrons. The number of Topliss-reactive ketones (excluding diaryl/α,β-unsaturated/α-hetero) is 1. The van der Waals surface area contributed by atoms with Crippen LogP contribution in [0.15, 0.2) is 29.2 Å². The quantitative estimate of drug-likeness (QED) is 0.629. The van der Waals surface area contributed by atoms with E-state index in [1.807, 2.05) is 35.4 Å². The van der Waals surface area contributed by atoms with Gasteiger partial charge in [0.2, 0.25) is 5.91 Å². The van der Waals surface area contributed by atoms with Gasteiger partial charge in [-0.15, -0.1) is 11.8 Å². The van der Waals surface area contributed by atoms with Crippen molar-refractivity contribution in [2.45, 2.75) is 23.8 Å². The van der Waals surface area contributed by atoms with Crippen molar-refractivity contribution in [1.82, 2.24) is 9.80 Å². The maximum Gasteiger partial charge on any atom is 0.222 e. The van der Waals surface area contributed by atoms with Gasteiger partial charge in [0.25, 0.3) is 0 Å². The van der Waals surface area contributed by atoms with Gasteiger partial charge in [0, 0.05) is 42.6 Å². The average Bonchev–Trinajstić information content (AvgIpc) is 2.88. The standard InChI is InChI=1S/C16H20N2O2S/c1-21-14-5-2-12(3-6-14)15(19)11-17-8-9-18-13(10-17)4-7-16(18)20/h2-3,5-6,13H,4,7-11H2,1H3. The lowest BCUT2D eigenvalue weighted by Gasteiger charge is -2.37. The Bertz CT molecular complexity index is 544. The second-order valence-corrected chi connectivity index (χ2v) is 6.55. The molecule has 2 aliphatic rings. The summed E-state index contributed by atoms with van der Waals surface area (Å²) in [6.07, 6.45) is 3.63. The fourth-order valence-corrected chi connectivity index (χ4v) is 3.55. The third kappa shape index (κ3) is 3.14. The van der Waals surface area contributed by atoms with Gasteiger partial charge in [-0.05, 0) is 24.8 Å². The van der Waals surface area contributed by atoms with Crippen LogP contribution >= 0.6 is 11.8 Å². The summed E-state index contributed by atoms with van der Waals surface area (Å²) in [5.41, 5.74) is 0.776. The Kier molecular flexibility index (Phi) is 4.31. The van der Waals surface area contributed by atoms with E-state index in [4.69, 9.17) is 0 Å². The van der Waals surface area contributed by atoms with E-state index in [1.54, 1.807) is 11.8 Å². The second kappa shape index (κ2) is 6.20. The first kappa shape index (κ1) is 14.6. The third-order valence-corrected chi connectivity index (χ3v) is 5.10. The van der Waals surface area contributed by atoms with Crippen LogP contribution in [0.25, 0.3) is 0 Å². The smallest absolute Gasteiger partial charge is 0.222 e. The normalized spacial score (nSPS) is 22.4. The first-order valence-corrected chi connectivity index (χ1v) is 8.59. The highest BCUT2D eigenvalue weighted by atomic mass is 32.2. The molecule has 5 heteroatoms. The fraction of sp³-hybridized carbons (Fsp3) is 0.500. The largest absolute Gasteiger partial charge is 0.337 e. The maximum atomic E-state index is 12.3. The van der Waals surface area contributed by atoms with Crippen molar-refractivity contribution < 1.29 is 9.59 Å². The molecule has 1 atom stereocenters. The zero-order valence-electron chi connectivity index (χ0n) is 12.2. The molecule has 0 aromatic heterocycles. The van der Waals surface area contributed by atoms with Crippen molar-refractivity contribution in [2.24, 2.45) is 0 Å². The summed E-state index contributed by atoms with van der Waals surface area (Å²) in [5, 5.41) is 0. The molecule has 2 saturated heterocycles. The minimum Gasteiger partial charge on any atom is -0.337 e. The Morgan fingerprint density at radius 1 is 1.29 bits per heavy atom. The van der Waals surface area contributed by atoms with Crippen LogP contribution < -0.4 is 0 Å². The van der Waals surface area contributed by atoms with Gasteiger partial charge < -0.3 is 4.90 Å². The zero-order chi connectivity index (χ0) is 14.8. The lowest BCUT2D eigenvalue weighted by molar-refractivity contribution is -0.130. The fourth-order valence-electron chi connectivity index (χ4n) is 3.14. The van der Waals surface area contributed by atoms with Crippen molar-refractivity contribution in [3.8, 4) is 0 Å². The van der Waals surface area contributed by atoms with E-state index < -0.39 is 0 Å². The van der Waals surface area contributed by atoms with Gasteiger partial charge in [-0.25, -0.2) is 0 Å². The molecule has 0 aliphatic carbocycles. The van der Waals surface area contributed by atoms with Crippen LogP contribution in [0, 0.1) is 0 Å². The van der Waals surface area contributed by atoms with Crippen LogP contribution in [0.1, 0.15) is 23.2 Å².